The molecule has 5 atom stereocenters. The van der Waals surface area contributed by atoms with Crippen LogP contribution in [0, 0.1) is 11.8 Å². The van der Waals surface area contributed by atoms with Gasteiger partial charge < -0.3 is 36.3 Å². The minimum absolute atomic E-state index is 0. The predicted molar refractivity (Wildman–Crippen MR) is 233 cm³/mol. The fourth-order valence-corrected chi connectivity index (χ4v) is 7.75. The zero-order valence-electron chi connectivity index (χ0n) is 36.4. The molecule has 0 saturated carbocycles. The molecule has 0 unspecified atom stereocenters. The van der Waals surface area contributed by atoms with Crippen LogP contribution in [0.4, 0.5) is 26.3 Å². The Labute approximate surface area is 379 Å². The highest BCUT2D eigenvalue weighted by Crippen LogP contribution is 2.36. The molecule has 65 heavy (non-hydrogen) atoms. The molecule has 6 N–H and O–H groups in total. The number of aromatic nitrogens is 1. The number of para-hydroxylation sites is 1. The van der Waals surface area contributed by atoms with E-state index in [1.54, 1.807) is 44.3 Å². The Kier molecular flexibility index (Phi) is 18.0. The number of nitrogens with zero attached hydrogens (tertiary/aromatic N) is 1. The van der Waals surface area contributed by atoms with Crippen LogP contribution >= 0.6 is 12.4 Å². The van der Waals surface area contributed by atoms with Crippen molar-refractivity contribution in [1.29, 1.82) is 0 Å². The molecular formula is C46H55ClF6N6O6. The number of carbonyl (C=O) groups excluding carboxylic acids is 5. The van der Waals surface area contributed by atoms with Crippen molar-refractivity contribution in [2.75, 3.05) is 6.54 Å². The van der Waals surface area contributed by atoms with E-state index in [-0.39, 0.29) is 69.0 Å². The zero-order chi connectivity index (χ0) is 46.9. The van der Waals surface area contributed by atoms with Gasteiger partial charge in [-0.2, -0.15) is 26.3 Å². The summed E-state index contributed by atoms with van der Waals surface area (Å²) in [5, 5.41) is 8.82. The second-order valence-electron chi connectivity index (χ2n) is 17.0. The number of rotatable bonds is 18. The van der Waals surface area contributed by atoms with Gasteiger partial charge in [-0.3, -0.25) is 19.2 Å². The number of aromatic amines is 1. The first-order valence-electron chi connectivity index (χ1n) is 21.1. The smallest absolute Gasteiger partial charge is 0.416 e. The molecule has 1 fully saturated rings. The van der Waals surface area contributed by atoms with Crippen molar-refractivity contribution < 1.29 is 55.1 Å². The van der Waals surface area contributed by atoms with Crippen LogP contribution in [0.25, 0.3) is 10.9 Å². The Morgan fingerprint density at radius 3 is 1.95 bits per heavy atom. The normalized spacial score (nSPS) is 16.1. The number of ether oxygens (including phenoxy) is 1. The average molecular weight is 937 g/mol. The topological polar surface area (TPSA) is 176 Å². The van der Waals surface area contributed by atoms with Crippen LogP contribution in [0.2, 0.25) is 0 Å². The van der Waals surface area contributed by atoms with Crippen molar-refractivity contribution in [1.82, 2.24) is 25.8 Å². The number of benzene rings is 3. The minimum Gasteiger partial charge on any atom is -0.459 e. The van der Waals surface area contributed by atoms with E-state index >= 15 is 0 Å². The third kappa shape index (κ3) is 14.4. The van der Waals surface area contributed by atoms with Gasteiger partial charge >= 0.3 is 18.3 Å². The van der Waals surface area contributed by atoms with Gasteiger partial charge in [-0.05, 0) is 84.9 Å². The Balaban J connectivity index is 0.00000925. The third-order valence-electron chi connectivity index (χ3n) is 10.9. The molecule has 0 bridgehead atoms. The number of fused-ring (bicyclic) bond motifs is 1. The van der Waals surface area contributed by atoms with Crippen molar-refractivity contribution in [3.8, 4) is 0 Å². The number of hydrogen-bond acceptors (Lipinski definition) is 7. The van der Waals surface area contributed by atoms with Crippen LogP contribution in [0.15, 0.2) is 79.0 Å². The lowest BCUT2D eigenvalue weighted by atomic mass is 10.00. The first-order chi connectivity index (χ1) is 30.1. The Bertz CT molecular complexity index is 2240. The molecule has 1 aliphatic rings. The maximum absolute atomic E-state index is 14.2. The second kappa shape index (κ2) is 22.5. The maximum atomic E-state index is 14.2. The van der Waals surface area contributed by atoms with Crippen LogP contribution in [0.1, 0.15) is 81.2 Å². The summed E-state index contributed by atoms with van der Waals surface area (Å²) >= 11 is 0. The summed E-state index contributed by atoms with van der Waals surface area (Å²) in [6, 6.07) is 11.3. The largest absolute Gasteiger partial charge is 0.459 e. The quantitative estimate of drug-likeness (QED) is 0.0527. The molecular weight excluding hydrogens is 882 g/mol. The molecule has 1 saturated heterocycles. The number of carbonyl (C=O) groups is 5. The second-order valence-corrected chi connectivity index (χ2v) is 17.0. The summed E-state index contributed by atoms with van der Waals surface area (Å²) in [4.78, 5) is 73.8. The van der Waals surface area contributed by atoms with Crippen molar-refractivity contribution in [2.45, 2.75) is 115 Å². The minimum atomic E-state index is -5.13. The summed E-state index contributed by atoms with van der Waals surface area (Å²) in [6.07, 6.45) is -7.61. The molecule has 354 valence electrons. The number of amides is 4. The molecule has 0 radical (unpaired) electrons. The van der Waals surface area contributed by atoms with E-state index in [0.717, 1.165) is 5.56 Å². The Hall–Kier alpha value is -5.62. The van der Waals surface area contributed by atoms with Gasteiger partial charge in [-0.1, -0.05) is 76.2 Å². The number of nitrogens with two attached hydrogens (primary N) is 1. The van der Waals surface area contributed by atoms with Gasteiger partial charge in [0, 0.05) is 30.1 Å². The molecule has 4 amide bonds. The summed E-state index contributed by atoms with van der Waals surface area (Å²) in [7, 11) is 0. The molecule has 19 heteroatoms. The van der Waals surface area contributed by atoms with E-state index in [1.807, 2.05) is 44.2 Å². The molecule has 0 aliphatic carbocycles. The zero-order valence-corrected chi connectivity index (χ0v) is 37.2. The fourth-order valence-electron chi connectivity index (χ4n) is 7.75. The van der Waals surface area contributed by atoms with E-state index in [4.69, 9.17) is 10.5 Å². The summed E-state index contributed by atoms with van der Waals surface area (Å²) in [6.45, 7) is 6.57. The lowest BCUT2D eigenvalue weighted by molar-refractivity contribution is -0.149. The van der Waals surface area contributed by atoms with Gasteiger partial charge in [0.25, 0.3) is 0 Å². The fraction of sp³-hybridized carbons (Fsp3) is 0.457. The number of alkyl halides is 6. The Morgan fingerprint density at radius 2 is 1.34 bits per heavy atom. The van der Waals surface area contributed by atoms with Crippen molar-refractivity contribution in [3.63, 3.8) is 0 Å². The molecule has 12 nitrogen and oxygen atoms in total. The Morgan fingerprint density at radius 1 is 0.754 bits per heavy atom. The van der Waals surface area contributed by atoms with Gasteiger partial charge in [-0.15, -0.1) is 12.4 Å². The lowest BCUT2D eigenvalue weighted by Gasteiger charge is -2.31. The molecule has 1 aliphatic heterocycles. The maximum Gasteiger partial charge on any atom is 0.416 e. The third-order valence-corrected chi connectivity index (χ3v) is 10.9. The van der Waals surface area contributed by atoms with Gasteiger partial charge in [0.15, 0.2) is 0 Å². The van der Waals surface area contributed by atoms with Gasteiger partial charge in [0.2, 0.25) is 23.6 Å². The molecule has 5 rings (SSSR count). The van der Waals surface area contributed by atoms with Crippen molar-refractivity contribution in [3.05, 3.63) is 107 Å². The highest BCUT2D eigenvalue weighted by molar-refractivity contribution is 5.96. The molecule has 0 spiro atoms. The average Bonchev–Trinajstić information content (AvgIpc) is 3.89. The summed E-state index contributed by atoms with van der Waals surface area (Å²) < 4.78 is 86.8. The predicted octanol–water partition coefficient (Wildman–Crippen LogP) is 7.02. The van der Waals surface area contributed by atoms with Crippen LogP contribution in [0.3, 0.4) is 0 Å². The molecule has 3 aromatic carbocycles. The summed E-state index contributed by atoms with van der Waals surface area (Å²) in [5.74, 6) is -3.86. The number of likely N-dealkylation sites (tertiary alicyclic amines) is 1. The lowest BCUT2D eigenvalue weighted by Crippen LogP contribution is -2.58. The van der Waals surface area contributed by atoms with E-state index < -0.39 is 95.5 Å². The van der Waals surface area contributed by atoms with Crippen LogP contribution in [0.5, 0.6) is 0 Å². The number of H-pyrrole nitrogens is 1. The van der Waals surface area contributed by atoms with Crippen LogP contribution < -0.4 is 21.7 Å². The number of halogens is 7. The molecule has 1 aromatic heterocycles. The highest BCUT2D eigenvalue weighted by atomic mass is 35.5. The monoisotopic (exact) mass is 936 g/mol. The van der Waals surface area contributed by atoms with Crippen molar-refractivity contribution >= 4 is 52.9 Å². The van der Waals surface area contributed by atoms with Gasteiger partial charge in [-0.25, -0.2) is 4.79 Å². The van der Waals surface area contributed by atoms with Gasteiger partial charge in [0.1, 0.15) is 30.8 Å². The first-order valence-corrected chi connectivity index (χ1v) is 21.1. The van der Waals surface area contributed by atoms with E-state index in [1.165, 1.54) is 4.90 Å². The number of hydrogen-bond donors (Lipinski definition) is 5. The van der Waals surface area contributed by atoms with E-state index in [9.17, 15) is 50.3 Å². The molecule has 4 aromatic rings. The van der Waals surface area contributed by atoms with Crippen LogP contribution in [-0.2, 0) is 60.5 Å². The first kappa shape index (κ1) is 52.0. The van der Waals surface area contributed by atoms with Gasteiger partial charge in [0.05, 0.1) is 17.2 Å². The number of esters is 1. The molecule has 2 heterocycles. The van der Waals surface area contributed by atoms with E-state index in [2.05, 4.69) is 20.9 Å². The highest BCUT2D eigenvalue weighted by Gasteiger charge is 2.41. The van der Waals surface area contributed by atoms with Crippen molar-refractivity contribution in [2.24, 2.45) is 17.6 Å². The number of nitrogens with one attached hydrogen (secondary N) is 4. The SMILES string of the molecule is CC(C)C[C@H](NC(=O)[C@@H]1CCCN1C(=O)[C@H](CC(C)C)NC(=O)[C@@H](N)Cc1ccccc1)C(=O)N[C@@H](Cc1c[nH]c2ccccc12)C(=O)OCc1cc(C(F)(F)F)cc(C(F)(F)F)c1.Cl. The standard InChI is InChI=1S/C46H54F6N6O6.ClH/c1-26(2)17-36(55-42(61)39-15-10-16-58(39)43(62)37(18-27(3)4)56-40(59)34(53)21-28-11-6-5-7-12-28)41(60)57-38(22-30-24-54-35-14-9-8-13-33(30)35)44(63)64-25-29-19-31(45(47,48)49)23-32(20-29)46(50,51)52;/h5-9,11-14,19-20,23-24,26-27,34,36-39,54H,10,15-18,21-22,25,53H2,1-4H3,(H,55,61)(H,56,59)(H,57,60);1H/t34-,36-,37-,38-,39-;/m0./s1. The van der Waals surface area contributed by atoms with E-state index in [0.29, 0.717) is 35.0 Å². The summed E-state index contributed by atoms with van der Waals surface area (Å²) in [5.41, 5.74) is 4.53. The van der Waals surface area contributed by atoms with Crippen LogP contribution in [-0.4, -0.2) is 76.2 Å².